The molecule has 2 atom stereocenters. The van der Waals surface area contributed by atoms with Crippen LogP contribution in [-0.2, 0) is 9.53 Å². The fourth-order valence-corrected chi connectivity index (χ4v) is 4.17. The number of esters is 1. The van der Waals surface area contributed by atoms with Crippen molar-refractivity contribution in [3.63, 3.8) is 0 Å². The molecule has 6 heteroatoms. The average Bonchev–Trinajstić information content (AvgIpc) is 2.78. The molecule has 0 saturated carbocycles. The van der Waals surface area contributed by atoms with E-state index in [1.807, 2.05) is 60.8 Å². The average molecular weight is 425 g/mol. The number of aromatic nitrogens is 1. The Morgan fingerprint density at radius 1 is 1.12 bits per heavy atom. The molecule has 1 aliphatic heterocycles. The molecule has 2 heterocycles. The van der Waals surface area contributed by atoms with Gasteiger partial charge in [0.15, 0.2) is 0 Å². The Hall–Kier alpha value is -3.98. The second-order valence-electron chi connectivity index (χ2n) is 8.09. The van der Waals surface area contributed by atoms with Crippen molar-refractivity contribution in [2.45, 2.75) is 32.8 Å². The molecule has 0 radical (unpaired) electrons. The molecule has 0 spiro atoms. The highest BCUT2D eigenvalue weighted by atomic mass is 16.5. The number of ether oxygens (including phenoxy) is 1. The second-order valence-corrected chi connectivity index (χ2v) is 8.09. The zero-order valence-electron chi connectivity index (χ0n) is 18.2. The fourth-order valence-electron chi connectivity index (χ4n) is 4.17. The van der Waals surface area contributed by atoms with Gasteiger partial charge in [-0.1, -0.05) is 42.5 Å². The van der Waals surface area contributed by atoms with E-state index in [-0.39, 0.29) is 11.9 Å². The lowest BCUT2D eigenvalue weighted by Gasteiger charge is -2.30. The standard InChI is InChI=1S/C26H24N4O2/c1-15(2)32-26(31)24-23(21(13-27)16(3)30-25(24)28)19-10-7-11-22-20(19)12-18(14-29-22)17-8-5-4-6-9-17/h4-12,14-15,23-24H,1-3H3,(H2,28,30). The van der Waals surface area contributed by atoms with Gasteiger partial charge in [-0.25, -0.2) is 4.99 Å². The van der Waals surface area contributed by atoms with Crippen LogP contribution in [0.4, 0.5) is 0 Å². The quantitative estimate of drug-likeness (QED) is 0.611. The lowest BCUT2D eigenvalue weighted by Crippen LogP contribution is -2.40. The van der Waals surface area contributed by atoms with Gasteiger partial charge in [0.05, 0.1) is 29.0 Å². The summed E-state index contributed by atoms with van der Waals surface area (Å²) in [7, 11) is 0. The third-order valence-corrected chi connectivity index (χ3v) is 5.58. The maximum Gasteiger partial charge on any atom is 0.317 e. The Labute approximate surface area is 187 Å². The van der Waals surface area contributed by atoms with Crippen molar-refractivity contribution in [3.8, 4) is 17.2 Å². The molecule has 2 N–H and O–H groups in total. The van der Waals surface area contributed by atoms with Crippen molar-refractivity contribution in [2.24, 2.45) is 16.6 Å². The predicted octanol–water partition coefficient (Wildman–Crippen LogP) is 4.72. The summed E-state index contributed by atoms with van der Waals surface area (Å²) in [5.41, 5.74) is 10.7. The number of nitrogens with two attached hydrogens (primary N) is 1. The Morgan fingerprint density at radius 2 is 1.88 bits per heavy atom. The Bertz CT molecular complexity index is 1290. The first-order valence-corrected chi connectivity index (χ1v) is 10.5. The number of carbonyl (C=O) groups is 1. The number of hydrogen-bond acceptors (Lipinski definition) is 6. The SMILES string of the molecule is CC1=C(C#N)C(c2cccc3ncc(-c4ccccc4)cc23)C(C(=O)OC(C)C)C(N)=N1. The van der Waals surface area contributed by atoms with E-state index in [0.29, 0.717) is 11.3 Å². The molecule has 0 aliphatic carbocycles. The number of hydrogen-bond donors (Lipinski definition) is 1. The van der Waals surface area contributed by atoms with Gasteiger partial charge in [-0.2, -0.15) is 5.26 Å². The van der Waals surface area contributed by atoms with Gasteiger partial charge in [0.1, 0.15) is 11.8 Å². The van der Waals surface area contributed by atoms with Gasteiger partial charge in [-0.15, -0.1) is 0 Å². The van der Waals surface area contributed by atoms with E-state index < -0.39 is 17.8 Å². The molecule has 32 heavy (non-hydrogen) atoms. The maximum atomic E-state index is 13.1. The topological polar surface area (TPSA) is 101 Å². The van der Waals surface area contributed by atoms with E-state index >= 15 is 0 Å². The van der Waals surface area contributed by atoms with E-state index in [9.17, 15) is 10.1 Å². The van der Waals surface area contributed by atoms with Crippen LogP contribution in [0.3, 0.4) is 0 Å². The van der Waals surface area contributed by atoms with Crippen molar-refractivity contribution < 1.29 is 9.53 Å². The van der Waals surface area contributed by atoms with Gasteiger partial charge in [-0.05, 0) is 44.0 Å². The van der Waals surface area contributed by atoms with Gasteiger partial charge in [0.2, 0.25) is 0 Å². The van der Waals surface area contributed by atoms with Crippen molar-refractivity contribution in [1.29, 1.82) is 5.26 Å². The van der Waals surface area contributed by atoms with Gasteiger partial charge >= 0.3 is 5.97 Å². The minimum absolute atomic E-state index is 0.154. The lowest BCUT2D eigenvalue weighted by molar-refractivity contribution is -0.150. The predicted molar refractivity (Wildman–Crippen MR) is 125 cm³/mol. The van der Waals surface area contributed by atoms with E-state index in [4.69, 9.17) is 10.5 Å². The van der Waals surface area contributed by atoms with E-state index in [1.165, 1.54) is 0 Å². The third-order valence-electron chi connectivity index (χ3n) is 5.58. The number of fused-ring (bicyclic) bond motifs is 1. The smallest absolute Gasteiger partial charge is 0.317 e. The van der Waals surface area contributed by atoms with E-state index in [2.05, 4.69) is 16.0 Å². The Balaban J connectivity index is 1.94. The van der Waals surface area contributed by atoms with Crippen molar-refractivity contribution >= 4 is 22.7 Å². The number of nitrogens with zero attached hydrogens (tertiary/aromatic N) is 3. The minimum Gasteiger partial charge on any atom is -0.462 e. The van der Waals surface area contributed by atoms with Crippen LogP contribution in [0, 0.1) is 17.2 Å². The molecule has 2 aromatic carbocycles. The summed E-state index contributed by atoms with van der Waals surface area (Å²) in [5.74, 6) is -1.83. The largest absolute Gasteiger partial charge is 0.462 e. The normalized spacial score (nSPS) is 18.4. The number of carbonyl (C=O) groups excluding carboxylic acids is 1. The van der Waals surface area contributed by atoms with Crippen LogP contribution < -0.4 is 5.73 Å². The van der Waals surface area contributed by atoms with E-state index in [0.717, 1.165) is 27.6 Å². The highest BCUT2D eigenvalue weighted by Crippen LogP contribution is 2.41. The molecule has 0 amide bonds. The monoisotopic (exact) mass is 424 g/mol. The summed E-state index contributed by atoms with van der Waals surface area (Å²) in [6.07, 6.45) is 1.52. The van der Waals surface area contributed by atoms with Crippen molar-refractivity contribution in [1.82, 2.24) is 4.98 Å². The summed E-state index contributed by atoms with van der Waals surface area (Å²) >= 11 is 0. The van der Waals surface area contributed by atoms with Gasteiger partial charge in [-0.3, -0.25) is 9.78 Å². The van der Waals surface area contributed by atoms with Crippen LogP contribution in [0.15, 0.2) is 77.1 Å². The second kappa shape index (κ2) is 8.64. The van der Waals surface area contributed by atoms with Gasteiger partial charge in [0.25, 0.3) is 0 Å². The number of allylic oxidation sites excluding steroid dienone is 2. The highest BCUT2D eigenvalue weighted by Gasteiger charge is 2.41. The summed E-state index contributed by atoms with van der Waals surface area (Å²) < 4.78 is 5.50. The van der Waals surface area contributed by atoms with Crippen LogP contribution in [0.25, 0.3) is 22.0 Å². The van der Waals surface area contributed by atoms with Gasteiger partial charge in [0, 0.05) is 23.1 Å². The molecule has 0 bridgehead atoms. The Kier molecular flexibility index (Phi) is 5.74. The molecular formula is C26H24N4O2. The number of aliphatic imine (C=N–C) groups is 1. The Morgan fingerprint density at radius 3 is 2.56 bits per heavy atom. The minimum atomic E-state index is -0.887. The molecule has 160 valence electrons. The zero-order chi connectivity index (χ0) is 22.8. The number of pyridine rings is 1. The summed E-state index contributed by atoms with van der Waals surface area (Å²) in [4.78, 5) is 22.0. The molecule has 1 aromatic heterocycles. The third kappa shape index (κ3) is 3.85. The summed E-state index contributed by atoms with van der Waals surface area (Å²) in [6, 6.07) is 20.0. The number of amidine groups is 1. The first-order valence-electron chi connectivity index (χ1n) is 10.5. The van der Waals surface area contributed by atoms with Gasteiger partial charge < -0.3 is 10.5 Å². The van der Waals surface area contributed by atoms with Crippen molar-refractivity contribution in [2.75, 3.05) is 0 Å². The molecule has 3 aromatic rings. The molecular weight excluding hydrogens is 400 g/mol. The van der Waals surface area contributed by atoms with Crippen LogP contribution in [-0.4, -0.2) is 22.9 Å². The molecule has 4 rings (SSSR count). The number of nitriles is 1. The maximum absolute atomic E-state index is 13.1. The summed E-state index contributed by atoms with van der Waals surface area (Å²) in [5, 5.41) is 10.8. The number of rotatable bonds is 4. The van der Waals surface area contributed by atoms with E-state index in [1.54, 1.807) is 20.8 Å². The van der Waals surface area contributed by atoms with Crippen LogP contribution in [0.5, 0.6) is 0 Å². The molecule has 6 nitrogen and oxygen atoms in total. The molecule has 0 saturated heterocycles. The zero-order valence-corrected chi connectivity index (χ0v) is 18.2. The molecule has 0 fully saturated rings. The fraction of sp³-hybridized carbons (Fsp3) is 0.231. The molecule has 1 aliphatic rings. The summed E-state index contributed by atoms with van der Waals surface area (Å²) in [6.45, 7) is 5.30. The molecule has 2 unspecified atom stereocenters. The van der Waals surface area contributed by atoms with Crippen molar-refractivity contribution in [3.05, 3.63) is 77.6 Å². The highest BCUT2D eigenvalue weighted by molar-refractivity contribution is 6.04. The van der Waals surface area contributed by atoms with Crippen LogP contribution in [0.2, 0.25) is 0 Å². The van der Waals surface area contributed by atoms with Crippen LogP contribution >= 0.6 is 0 Å². The first kappa shape index (κ1) is 21.3. The van der Waals surface area contributed by atoms with Crippen LogP contribution in [0.1, 0.15) is 32.3 Å². The first-order chi connectivity index (χ1) is 15.4. The lowest BCUT2D eigenvalue weighted by atomic mass is 9.76. The number of benzene rings is 2.